The molecule has 0 aliphatic carbocycles. The Hall–Kier alpha value is -3.37. The summed E-state index contributed by atoms with van der Waals surface area (Å²) in [6.07, 6.45) is -3.67. The fourth-order valence-corrected chi connectivity index (χ4v) is 2.29. The van der Waals surface area contributed by atoms with Crippen LogP contribution in [-0.4, -0.2) is 31.5 Å². The number of nitrogens with zero attached hydrogens (tertiary/aromatic N) is 3. The maximum atomic E-state index is 12.3. The van der Waals surface area contributed by atoms with Crippen LogP contribution in [0.15, 0.2) is 30.5 Å². The zero-order valence-corrected chi connectivity index (χ0v) is 12.6. The van der Waals surface area contributed by atoms with Crippen LogP contribution in [-0.2, 0) is 11.8 Å². The highest BCUT2D eigenvalue weighted by molar-refractivity contribution is 5.96. The Bertz CT molecular complexity index is 989. The van der Waals surface area contributed by atoms with E-state index in [9.17, 15) is 28.1 Å². The highest BCUT2D eigenvalue weighted by atomic mass is 19.4. The third kappa shape index (κ3) is 3.16. The number of aromatic amines is 1. The maximum absolute atomic E-state index is 12.3. The van der Waals surface area contributed by atoms with Crippen LogP contribution >= 0.6 is 0 Å². The number of fused-ring (bicyclic) bond motifs is 1. The van der Waals surface area contributed by atoms with E-state index in [0.717, 1.165) is 0 Å². The minimum Gasteiger partial charge on any atom is -0.342 e. The molecule has 2 heterocycles. The predicted octanol–water partition coefficient (Wildman–Crippen LogP) is 2.98. The Balaban J connectivity index is 1.96. The van der Waals surface area contributed by atoms with E-state index < -0.39 is 17.0 Å². The summed E-state index contributed by atoms with van der Waals surface area (Å²) < 4.78 is 38.4. The number of H-pyrrole nitrogens is 1. The molecule has 0 aliphatic heterocycles. The number of nitrogens with one attached hydrogen (secondary N) is 2. The Morgan fingerprint density at radius 1 is 1.36 bits per heavy atom. The second kappa shape index (κ2) is 5.61. The highest BCUT2D eigenvalue weighted by Gasteiger charge is 2.38. The van der Waals surface area contributed by atoms with Gasteiger partial charge in [-0.1, -0.05) is 0 Å². The topological polar surface area (TPSA) is 106 Å². The molecule has 0 spiro atoms. The number of amides is 1. The minimum atomic E-state index is -4.99. The van der Waals surface area contributed by atoms with Crippen LogP contribution in [0.1, 0.15) is 0 Å². The second-order valence-corrected chi connectivity index (χ2v) is 5.22. The summed E-state index contributed by atoms with van der Waals surface area (Å²) in [6, 6.07) is 5.33. The van der Waals surface area contributed by atoms with E-state index in [1.165, 1.54) is 35.0 Å². The van der Waals surface area contributed by atoms with E-state index in [-0.39, 0.29) is 11.4 Å². The largest absolute Gasteiger partial charge is 0.471 e. The fourth-order valence-electron chi connectivity index (χ4n) is 2.29. The van der Waals surface area contributed by atoms with E-state index in [2.05, 4.69) is 9.97 Å². The SMILES string of the molecule is Cn1cc([N+](=O)[O-])cc1-c1nc2ccc(NC(=O)C(F)(F)F)cc2[nH]1. The third-order valence-electron chi connectivity index (χ3n) is 3.44. The molecule has 130 valence electrons. The van der Waals surface area contributed by atoms with Gasteiger partial charge in [-0.15, -0.1) is 0 Å². The van der Waals surface area contributed by atoms with Gasteiger partial charge in [-0.05, 0) is 18.2 Å². The molecule has 0 saturated carbocycles. The zero-order valence-electron chi connectivity index (χ0n) is 12.6. The number of halogens is 3. The van der Waals surface area contributed by atoms with Crippen LogP contribution in [0.3, 0.4) is 0 Å². The van der Waals surface area contributed by atoms with Gasteiger partial charge in [0.05, 0.1) is 27.8 Å². The number of aryl methyl sites for hydroxylation is 1. The number of aromatic nitrogens is 3. The lowest BCUT2D eigenvalue weighted by Crippen LogP contribution is -2.29. The summed E-state index contributed by atoms with van der Waals surface area (Å²) in [5.41, 5.74) is 1.07. The molecular formula is C14H10F3N5O3. The molecule has 0 unspecified atom stereocenters. The number of carbonyl (C=O) groups is 1. The summed E-state index contributed by atoms with van der Waals surface area (Å²) in [6.45, 7) is 0. The molecule has 1 amide bonds. The van der Waals surface area contributed by atoms with Gasteiger partial charge >= 0.3 is 12.1 Å². The Labute approximate surface area is 137 Å². The first kappa shape index (κ1) is 16.5. The van der Waals surface area contributed by atoms with Crippen LogP contribution in [0.25, 0.3) is 22.6 Å². The number of imidazole rings is 1. The second-order valence-electron chi connectivity index (χ2n) is 5.22. The van der Waals surface area contributed by atoms with E-state index in [1.807, 2.05) is 0 Å². The van der Waals surface area contributed by atoms with Gasteiger partial charge < -0.3 is 14.9 Å². The van der Waals surface area contributed by atoms with Gasteiger partial charge in [0, 0.05) is 18.8 Å². The lowest BCUT2D eigenvalue weighted by atomic mass is 10.2. The van der Waals surface area contributed by atoms with Gasteiger partial charge in [0.1, 0.15) is 0 Å². The van der Waals surface area contributed by atoms with E-state index >= 15 is 0 Å². The van der Waals surface area contributed by atoms with Crippen molar-refractivity contribution in [2.45, 2.75) is 6.18 Å². The Morgan fingerprint density at radius 3 is 2.68 bits per heavy atom. The standard InChI is InChI=1S/C14H10F3N5O3/c1-21-6-8(22(24)25)5-11(21)12-19-9-3-2-7(4-10(9)20-12)18-13(23)14(15,16)17/h2-6H,1H3,(H,18,23)(H,19,20). The van der Waals surface area contributed by atoms with Crippen molar-refractivity contribution < 1.29 is 22.9 Å². The van der Waals surface area contributed by atoms with Gasteiger partial charge in [0.2, 0.25) is 0 Å². The summed E-state index contributed by atoms with van der Waals surface area (Å²) in [5.74, 6) is -1.77. The van der Waals surface area contributed by atoms with Gasteiger partial charge in [-0.3, -0.25) is 14.9 Å². The Kier molecular flexibility index (Phi) is 3.70. The van der Waals surface area contributed by atoms with Crippen molar-refractivity contribution in [3.8, 4) is 11.5 Å². The molecule has 1 aromatic carbocycles. The zero-order chi connectivity index (χ0) is 18.4. The fraction of sp³-hybridized carbons (Fsp3) is 0.143. The van der Waals surface area contributed by atoms with Crippen molar-refractivity contribution in [3.05, 3.63) is 40.6 Å². The normalized spacial score (nSPS) is 11.7. The maximum Gasteiger partial charge on any atom is 0.471 e. The molecule has 11 heteroatoms. The summed E-state index contributed by atoms with van der Waals surface area (Å²) in [4.78, 5) is 28.4. The summed E-state index contributed by atoms with van der Waals surface area (Å²) >= 11 is 0. The molecule has 25 heavy (non-hydrogen) atoms. The number of rotatable bonds is 3. The van der Waals surface area contributed by atoms with Gasteiger partial charge in [-0.2, -0.15) is 13.2 Å². The molecule has 0 atom stereocenters. The van der Waals surface area contributed by atoms with E-state index in [4.69, 9.17) is 0 Å². The van der Waals surface area contributed by atoms with Gasteiger partial charge in [0.25, 0.3) is 5.69 Å². The lowest BCUT2D eigenvalue weighted by Gasteiger charge is -2.07. The summed E-state index contributed by atoms with van der Waals surface area (Å²) in [5, 5.41) is 12.6. The van der Waals surface area contributed by atoms with Crippen molar-refractivity contribution >= 4 is 28.3 Å². The van der Waals surface area contributed by atoms with Crippen LogP contribution in [0.4, 0.5) is 24.5 Å². The highest BCUT2D eigenvalue weighted by Crippen LogP contribution is 2.27. The van der Waals surface area contributed by atoms with Crippen LogP contribution in [0.2, 0.25) is 0 Å². The average Bonchev–Trinajstić information content (AvgIpc) is 3.08. The molecule has 0 aliphatic rings. The molecule has 2 N–H and O–H groups in total. The van der Waals surface area contributed by atoms with Crippen molar-refractivity contribution in [3.63, 3.8) is 0 Å². The monoisotopic (exact) mass is 353 g/mol. The average molecular weight is 353 g/mol. The lowest BCUT2D eigenvalue weighted by molar-refractivity contribution is -0.384. The van der Waals surface area contributed by atoms with Crippen molar-refractivity contribution in [2.75, 3.05) is 5.32 Å². The van der Waals surface area contributed by atoms with Crippen molar-refractivity contribution in [1.29, 1.82) is 0 Å². The predicted molar refractivity (Wildman–Crippen MR) is 81.8 cm³/mol. The number of hydrogen-bond acceptors (Lipinski definition) is 4. The number of anilines is 1. The first-order valence-electron chi connectivity index (χ1n) is 6.84. The molecule has 8 nitrogen and oxygen atoms in total. The molecule has 0 saturated heterocycles. The van der Waals surface area contributed by atoms with Crippen molar-refractivity contribution in [1.82, 2.24) is 14.5 Å². The smallest absolute Gasteiger partial charge is 0.342 e. The van der Waals surface area contributed by atoms with E-state index in [0.29, 0.717) is 22.6 Å². The van der Waals surface area contributed by atoms with Crippen LogP contribution in [0, 0.1) is 10.1 Å². The van der Waals surface area contributed by atoms with Gasteiger partial charge in [-0.25, -0.2) is 4.98 Å². The molecule has 2 aromatic heterocycles. The number of alkyl halides is 3. The number of hydrogen-bond donors (Lipinski definition) is 2. The molecule has 0 bridgehead atoms. The van der Waals surface area contributed by atoms with Crippen molar-refractivity contribution in [2.24, 2.45) is 7.05 Å². The summed E-state index contributed by atoms with van der Waals surface area (Å²) in [7, 11) is 1.60. The van der Waals surface area contributed by atoms with E-state index in [1.54, 1.807) is 12.4 Å². The molecule has 0 fully saturated rings. The quantitative estimate of drug-likeness (QED) is 0.558. The minimum absolute atomic E-state index is 0.0529. The third-order valence-corrected chi connectivity index (χ3v) is 3.44. The number of nitro groups is 1. The first-order valence-corrected chi connectivity index (χ1v) is 6.84. The number of carbonyl (C=O) groups excluding carboxylic acids is 1. The van der Waals surface area contributed by atoms with Crippen LogP contribution < -0.4 is 5.32 Å². The molecule has 3 rings (SSSR count). The molecule has 3 aromatic rings. The number of benzene rings is 1. The first-order chi connectivity index (χ1) is 11.6. The van der Waals surface area contributed by atoms with Crippen LogP contribution in [0.5, 0.6) is 0 Å². The Morgan fingerprint density at radius 2 is 2.08 bits per heavy atom. The molecular weight excluding hydrogens is 343 g/mol. The van der Waals surface area contributed by atoms with Gasteiger partial charge in [0.15, 0.2) is 5.82 Å². The molecule has 0 radical (unpaired) electrons.